The molecular formula is C18H12ClFN4O2S. The molecule has 2 heterocycles. The van der Waals surface area contributed by atoms with Crippen LogP contribution in [0.3, 0.4) is 0 Å². The van der Waals surface area contributed by atoms with E-state index in [1.165, 1.54) is 23.5 Å². The Morgan fingerprint density at radius 2 is 1.93 bits per heavy atom. The third-order valence-corrected chi connectivity index (χ3v) is 4.72. The molecule has 0 saturated carbocycles. The van der Waals surface area contributed by atoms with Crippen LogP contribution >= 0.6 is 22.9 Å². The second-order valence-corrected chi connectivity index (χ2v) is 6.82. The summed E-state index contributed by atoms with van der Waals surface area (Å²) in [6.07, 6.45) is 0. The van der Waals surface area contributed by atoms with Gasteiger partial charge in [-0.15, -0.1) is 16.4 Å². The molecule has 4 aromatic rings. The highest BCUT2D eigenvalue weighted by Crippen LogP contribution is 2.26. The number of halogens is 2. The smallest absolute Gasteiger partial charge is 0.264 e. The van der Waals surface area contributed by atoms with Gasteiger partial charge in [-0.2, -0.15) is 4.98 Å². The molecule has 2 aromatic carbocycles. The number of anilines is 1. The lowest BCUT2D eigenvalue weighted by Gasteiger charge is -2.05. The van der Waals surface area contributed by atoms with Gasteiger partial charge in [0.2, 0.25) is 4.96 Å². The standard InChI is InChI=1S/C18H12ClFN4O2S/c19-12-3-7-14(8-4-12)26-9-16(25)21-17-22-18-24(23-17)15(10-27-18)11-1-5-13(20)6-2-11/h1-8,10H,9H2,(H,21,23,25). The fraction of sp³-hybridized carbons (Fsp3) is 0.0556. The van der Waals surface area contributed by atoms with E-state index in [4.69, 9.17) is 16.3 Å². The lowest BCUT2D eigenvalue weighted by Crippen LogP contribution is -2.20. The molecule has 0 bridgehead atoms. The number of benzene rings is 2. The van der Waals surface area contributed by atoms with Gasteiger partial charge >= 0.3 is 0 Å². The van der Waals surface area contributed by atoms with Crippen LogP contribution < -0.4 is 10.1 Å². The first kappa shape index (κ1) is 17.4. The minimum absolute atomic E-state index is 0.176. The van der Waals surface area contributed by atoms with Gasteiger partial charge in [-0.05, 0) is 48.5 Å². The number of carbonyl (C=O) groups is 1. The molecule has 0 aliphatic heterocycles. The van der Waals surface area contributed by atoms with E-state index >= 15 is 0 Å². The van der Waals surface area contributed by atoms with E-state index in [2.05, 4.69) is 15.4 Å². The van der Waals surface area contributed by atoms with Crippen LogP contribution in [0.4, 0.5) is 10.3 Å². The number of nitrogens with zero attached hydrogens (tertiary/aromatic N) is 3. The number of amides is 1. The van der Waals surface area contributed by atoms with E-state index < -0.39 is 0 Å². The van der Waals surface area contributed by atoms with Gasteiger partial charge in [0, 0.05) is 16.0 Å². The highest BCUT2D eigenvalue weighted by molar-refractivity contribution is 7.15. The van der Waals surface area contributed by atoms with Crippen LogP contribution in [0.15, 0.2) is 53.9 Å². The van der Waals surface area contributed by atoms with Crippen LogP contribution in [0.5, 0.6) is 5.75 Å². The SMILES string of the molecule is O=C(COc1ccc(Cl)cc1)Nc1nc2scc(-c3ccc(F)cc3)n2n1. The summed E-state index contributed by atoms with van der Waals surface area (Å²) in [5, 5.41) is 9.36. The van der Waals surface area contributed by atoms with Gasteiger partial charge < -0.3 is 4.74 Å². The lowest BCUT2D eigenvalue weighted by atomic mass is 10.2. The van der Waals surface area contributed by atoms with Crippen LogP contribution in [0.1, 0.15) is 0 Å². The molecule has 0 atom stereocenters. The molecule has 2 aromatic heterocycles. The predicted molar refractivity (Wildman–Crippen MR) is 102 cm³/mol. The van der Waals surface area contributed by atoms with Crippen LogP contribution in [0.25, 0.3) is 16.2 Å². The van der Waals surface area contributed by atoms with Crippen molar-refractivity contribution in [2.24, 2.45) is 0 Å². The number of hydrogen-bond acceptors (Lipinski definition) is 5. The molecule has 27 heavy (non-hydrogen) atoms. The van der Waals surface area contributed by atoms with Crippen molar-refractivity contribution in [2.75, 3.05) is 11.9 Å². The zero-order valence-corrected chi connectivity index (χ0v) is 15.3. The number of ether oxygens (including phenoxy) is 1. The number of hydrogen-bond donors (Lipinski definition) is 1. The summed E-state index contributed by atoms with van der Waals surface area (Å²) in [5.41, 5.74) is 1.57. The molecule has 9 heteroatoms. The summed E-state index contributed by atoms with van der Waals surface area (Å²) >= 11 is 7.18. The topological polar surface area (TPSA) is 68.5 Å². The number of aromatic nitrogens is 3. The Morgan fingerprint density at radius 3 is 2.67 bits per heavy atom. The number of carbonyl (C=O) groups excluding carboxylic acids is 1. The van der Waals surface area contributed by atoms with Gasteiger partial charge in [0.15, 0.2) is 6.61 Å². The molecule has 0 fully saturated rings. The Bertz CT molecular complexity index is 1090. The first-order valence-corrected chi connectivity index (χ1v) is 9.13. The number of rotatable bonds is 5. The molecule has 0 radical (unpaired) electrons. The average molecular weight is 403 g/mol. The normalized spacial score (nSPS) is 10.9. The molecule has 0 unspecified atom stereocenters. The molecule has 1 amide bonds. The predicted octanol–water partition coefficient (Wildman–Crippen LogP) is 4.27. The highest BCUT2D eigenvalue weighted by atomic mass is 35.5. The average Bonchev–Trinajstić information content (AvgIpc) is 3.22. The quantitative estimate of drug-likeness (QED) is 0.541. The summed E-state index contributed by atoms with van der Waals surface area (Å²) in [7, 11) is 0. The number of fused-ring (bicyclic) bond motifs is 1. The summed E-state index contributed by atoms with van der Waals surface area (Å²) in [5.74, 6) is 0.0193. The Balaban J connectivity index is 1.45. The van der Waals surface area contributed by atoms with Crippen molar-refractivity contribution in [3.05, 3.63) is 64.8 Å². The van der Waals surface area contributed by atoms with Crippen molar-refractivity contribution in [2.45, 2.75) is 0 Å². The second kappa shape index (κ2) is 7.34. The summed E-state index contributed by atoms with van der Waals surface area (Å²) in [4.78, 5) is 16.9. The lowest BCUT2D eigenvalue weighted by molar-refractivity contribution is -0.118. The third kappa shape index (κ3) is 3.91. The zero-order chi connectivity index (χ0) is 18.8. The van der Waals surface area contributed by atoms with Crippen molar-refractivity contribution in [1.82, 2.24) is 14.6 Å². The van der Waals surface area contributed by atoms with Gasteiger partial charge in [-0.25, -0.2) is 8.91 Å². The van der Waals surface area contributed by atoms with Crippen molar-refractivity contribution in [3.8, 4) is 17.0 Å². The monoisotopic (exact) mass is 402 g/mol. The minimum atomic E-state index is -0.383. The van der Waals surface area contributed by atoms with Gasteiger partial charge in [-0.1, -0.05) is 11.6 Å². The van der Waals surface area contributed by atoms with Gasteiger partial charge in [0.05, 0.1) is 5.69 Å². The van der Waals surface area contributed by atoms with E-state index in [1.807, 2.05) is 5.38 Å². The minimum Gasteiger partial charge on any atom is -0.484 e. The Labute approximate surface area is 162 Å². The van der Waals surface area contributed by atoms with Crippen LogP contribution in [-0.2, 0) is 4.79 Å². The Kier molecular flexibility index (Phi) is 4.74. The van der Waals surface area contributed by atoms with Crippen molar-refractivity contribution in [3.63, 3.8) is 0 Å². The van der Waals surface area contributed by atoms with Gasteiger partial charge in [0.25, 0.3) is 11.9 Å². The molecule has 6 nitrogen and oxygen atoms in total. The maximum absolute atomic E-state index is 13.1. The Morgan fingerprint density at radius 1 is 1.19 bits per heavy atom. The van der Waals surface area contributed by atoms with Crippen LogP contribution in [-0.4, -0.2) is 27.1 Å². The first-order chi connectivity index (χ1) is 13.1. The highest BCUT2D eigenvalue weighted by Gasteiger charge is 2.13. The summed E-state index contributed by atoms with van der Waals surface area (Å²) < 4.78 is 20.1. The third-order valence-electron chi connectivity index (χ3n) is 3.66. The second-order valence-electron chi connectivity index (χ2n) is 5.55. The van der Waals surface area contributed by atoms with Crippen molar-refractivity contribution in [1.29, 1.82) is 0 Å². The molecular weight excluding hydrogens is 391 g/mol. The van der Waals surface area contributed by atoms with E-state index in [9.17, 15) is 9.18 Å². The van der Waals surface area contributed by atoms with Gasteiger partial charge in [0.1, 0.15) is 11.6 Å². The van der Waals surface area contributed by atoms with Crippen LogP contribution in [0, 0.1) is 5.82 Å². The number of nitrogens with one attached hydrogen (secondary N) is 1. The first-order valence-electron chi connectivity index (χ1n) is 7.87. The summed E-state index contributed by atoms with van der Waals surface area (Å²) in [6.45, 7) is -0.181. The van der Waals surface area contributed by atoms with Crippen molar-refractivity contribution >= 4 is 39.8 Å². The molecule has 0 aliphatic rings. The molecule has 1 N–H and O–H groups in total. The Hall–Kier alpha value is -2.97. The van der Waals surface area contributed by atoms with Crippen LogP contribution in [0.2, 0.25) is 5.02 Å². The van der Waals surface area contributed by atoms with E-state index in [-0.39, 0.29) is 24.3 Å². The molecule has 136 valence electrons. The largest absolute Gasteiger partial charge is 0.484 e. The van der Waals surface area contributed by atoms with Crippen molar-refractivity contribution < 1.29 is 13.9 Å². The molecule has 0 saturated heterocycles. The fourth-order valence-electron chi connectivity index (χ4n) is 2.39. The van der Waals surface area contributed by atoms with E-state index in [0.717, 1.165) is 11.3 Å². The van der Waals surface area contributed by atoms with E-state index in [0.29, 0.717) is 15.7 Å². The number of thiazole rings is 1. The fourth-order valence-corrected chi connectivity index (χ4v) is 3.35. The maximum atomic E-state index is 13.1. The molecule has 0 spiro atoms. The zero-order valence-electron chi connectivity index (χ0n) is 13.7. The molecule has 0 aliphatic carbocycles. The maximum Gasteiger partial charge on any atom is 0.264 e. The molecule has 4 rings (SSSR count). The van der Waals surface area contributed by atoms with E-state index in [1.54, 1.807) is 40.9 Å². The van der Waals surface area contributed by atoms with Gasteiger partial charge in [-0.3, -0.25) is 10.1 Å². The summed E-state index contributed by atoms with van der Waals surface area (Å²) in [6, 6.07) is 12.8.